The Bertz CT molecular complexity index is 966. The Kier molecular flexibility index (Phi) is 5.12. The third-order valence-electron chi connectivity index (χ3n) is 4.41. The molecule has 10 heteroatoms. The van der Waals surface area contributed by atoms with Crippen LogP contribution in [0.25, 0.3) is 0 Å². The number of nitrogens with zero attached hydrogens (tertiary/aromatic N) is 3. The highest BCUT2D eigenvalue weighted by Gasteiger charge is 2.34. The molecule has 0 radical (unpaired) electrons. The fourth-order valence-electron chi connectivity index (χ4n) is 2.91. The van der Waals surface area contributed by atoms with Crippen molar-refractivity contribution in [2.24, 2.45) is 10.7 Å². The first-order valence-corrected chi connectivity index (χ1v) is 8.40. The Balaban J connectivity index is 1.94. The van der Waals surface area contributed by atoms with Gasteiger partial charge in [0.15, 0.2) is 11.6 Å². The van der Waals surface area contributed by atoms with Crippen molar-refractivity contribution >= 4 is 17.6 Å². The number of carbonyl (C=O) groups is 1. The molecule has 0 saturated heterocycles. The zero-order chi connectivity index (χ0) is 20.5. The van der Waals surface area contributed by atoms with Crippen molar-refractivity contribution in [2.75, 3.05) is 19.0 Å². The molecule has 1 aromatic heterocycles. The summed E-state index contributed by atoms with van der Waals surface area (Å²) in [6.45, 7) is 3.41. The van der Waals surface area contributed by atoms with Gasteiger partial charge in [0.25, 0.3) is 11.9 Å². The summed E-state index contributed by atoms with van der Waals surface area (Å²) in [6, 6.07) is 2.11. The molecule has 1 unspecified atom stereocenters. The SMILES string of the molecule is COc1cnc(C(=O)Nc2cc(F)c(F)c(C3(C)CCOC(N)=N3)c2)c(C)n1. The van der Waals surface area contributed by atoms with Gasteiger partial charge in [-0.05, 0) is 19.9 Å². The van der Waals surface area contributed by atoms with Crippen LogP contribution in [0, 0.1) is 18.6 Å². The van der Waals surface area contributed by atoms with Crippen molar-refractivity contribution in [1.29, 1.82) is 0 Å². The topological polar surface area (TPSA) is 112 Å². The average molecular weight is 391 g/mol. The Labute approximate surface area is 159 Å². The molecule has 148 valence electrons. The van der Waals surface area contributed by atoms with Gasteiger partial charge in [0.05, 0.1) is 31.1 Å². The van der Waals surface area contributed by atoms with E-state index < -0.39 is 23.1 Å². The zero-order valence-corrected chi connectivity index (χ0v) is 15.5. The molecular weight excluding hydrogens is 372 g/mol. The normalized spacial score (nSPS) is 18.8. The Morgan fingerprint density at radius 3 is 2.79 bits per heavy atom. The first-order valence-electron chi connectivity index (χ1n) is 8.40. The van der Waals surface area contributed by atoms with E-state index in [9.17, 15) is 13.6 Å². The van der Waals surface area contributed by atoms with Gasteiger partial charge in [-0.1, -0.05) is 0 Å². The van der Waals surface area contributed by atoms with Gasteiger partial charge in [0.2, 0.25) is 5.88 Å². The summed E-state index contributed by atoms with van der Waals surface area (Å²) >= 11 is 0. The molecule has 3 rings (SSSR count). The monoisotopic (exact) mass is 391 g/mol. The highest BCUT2D eigenvalue weighted by Crippen LogP contribution is 2.36. The predicted molar refractivity (Wildman–Crippen MR) is 97.2 cm³/mol. The van der Waals surface area contributed by atoms with Gasteiger partial charge in [-0.3, -0.25) is 4.79 Å². The first-order chi connectivity index (χ1) is 13.2. The highest BCUT2D eigenvalue weighted by molar-refractivity contribution is 6.03. The fraction of sp³-hybridized carbons (Fsp3) is 0.333. The molecule has 3 N–H and O–H groups in total. The number of carbonyl (C=O) groups excluding carboxylic acids is 1. The predicted octanol–water partition coefficient (Wildman–Crippen LogP) is 2.27. The number of amides is 1. The second-order valence-electron chi connectivity index (χ2n) is 6.44. The van der Waals surface area contributed by atoms with Crippen molar-refractivity contribution in [3.63, 3.8) is 0 Å². The molecule has 0 saturated carbocycles. The van der Waals surface area contributed by atoms with Gasteiger partial charge in [0.1, 0.15) is 5.69 Å². The van der Waals surface area contributed by atoms with E-state index >= 15 is 0 Å². The first kappa shape index (κ1) is 19.5. The number of methoxy groups -OCH3 is 1. The van der Waals surface area contributed by atoms with Gasteiger partial charge >= 0.3 is 0 Å². The largest absolute Gasteiger partial charge is 0.480 e. The Hall–Kier alpha value is -3.30. The Morgan fingerprint density at radius 1 is 1.39 bits per heavy atom. The number of amidine groups is 1. The van der Waals surface area contributed by atoms with E-state index in [1.807, 2.05) is 0 Å². The summed E-state index contributed by atoms with van der Waals surface area (Å²) in [6.07, 6.45) is 1.59. The number of nitrogens with two attached hydrogens (primary N) is 1. The molecule has 1 aliphatic heterocycles. The number of aliphatic imine (C=N–C) groups is 1. The average Bonchev–Trinajstić information content (AvgIpc) is 2.63. The number of hydrogen-bond acceptors (Lipinski definition) is 7. The van der Waals surface area contributed by atoms with E-state index in [4.69, 9.17) is 15.2 Å². The number of aryl methyl sites for hydroxylation is 1. The van der Waals surface area contributed by atoms with Crippen LogP contribution in [0.1, 0.15) is 35.1 Å². The summed E-state index contributed by atoms with van der Waals surface area (Å²) in [5, 5.41) is 2.51. The van der Waals surface area contributed by atoms with Crippen LogP contribution in [-0.4, -0.2) is 35.6 Å². The Morgan fingerprint density at radius 2 is 2.14 bits per heavy atom. The fourth-order valence-corrected chi connectivity index (χ4v) is 2.91. The maximum atomic E-state index is 14.5. The van der Waals surface area contributed by atoms with Gasteiger partial charge in [-0.2, -0.15) is 0 Å². The molecule has 0 aliphatic carbocycles. The molecule has 0 bridgehead atoms. The lowest BCUT2D eigenvalue weighted by molar-refractivity contribution is 0.102. The highest BCUT2D eigenvalue weighted by atomic mass is 19.2. The molecule has 2 heterocycles. The van der Waals surface area contributed by atoms with E-state index in [-0.39, 0.29) is 35.5 Å². The molecule has 1 amide bonds. The quantitative estimate of drug-likeness (QED) is 0.827. The van der Waals surface area contributed by atoms with Crippen molar-refractivity contribution < 1.29 is 23.0 Å². The minimum Gasteiger partial charge on any atom is -0.480 e. The lowest BCUT2D eigenvalue weighted by Crippen LogP contribution is -2.34. The molecule has 2 aromatic rings. The van der Waals surface area contributed by atoms with E-state index in [2.05, 4.69) is 20.3 Å². The van der Waals surface area contributed by atoms with Crippen molar-refractivity contribution in [2.45, 2.75) is 25.8 Å². The molecule has 1 aromatic carbocycles. The van der Waals surface area contributed by atoms with Crippen LogP contribution in [0.2, 0.25) is 0 Å². The van der Waals surface area contributed by atoms with E-state index in [0.717, 1.165) is 6.07 Å². The summed E-state index contributed by atoms with van der Waals surface area (Å²) in [5.41, 5.74) is 4.84. The van der Waals surface area contributed by atoms with Gasteiger partial charge in [0, 0.05) is 23.7 Å². The van der Waals surface area contributed by atoms with Crippen LogP contribution in [0.4, 0.5) is 14.5 Å². The standard InChI is InChI=1S/C18H19F2N5O3/c1-9-15(22-8-13(23-9)27-3)16(26)24-10-6-11(14(20)12(19)7-10)18(2)4-5-28-17(21)25-18/h6-8H,4-5H2,1-3H3,(H2,21,25)(H,24,26). The smallest absolute Gasteiger partial charge is 0.282 e. The molecule has 0 fully saturated rings. The van der Waals surface area contributed by atoms with Crippen LogP contribution in [-0.2, 0) is 10.3 Å². The number of nitrogens with one attached hydrogen (secondary N) is 1. The maximum Gasteiger partial charge on any atom is 0.282 e. The summed E-state index contributed by atoms with van der Waals surface area (Å²) in [4.78, 5) is 24.7. The number of anilines is 1. The number of halogens is 2. The minimum absolute atomic E-state index is 0.0339. The van der Waals surface area contributed by atoms with Crippen molar-refractivity contribution in [3.05, 3.63) is 46.9 Å². The number of benzene rings is 1. The van der Waals surface area contributed by atoms with Crippen LogP contribution in [0.15, 0.2) is 23.3 Å². The van der Waals surface area contributed by atoms with E-state index in [1.54, 1.807) is 13.8 Å². The van der Waals surface area contributed by atoms with Crippen LogP contribution in [0.3, 0.4) is 0 Å². The van der Waals surface area contributed by atoms with Crippen LogP contribution in [0.5, 0.6) is 5.88 Å². The second kappa shape index (κ2) is 7.37. The third-order valence-corrected chi connectivity index (χ3v) is 4.41. The number of rotatable bonds is 4. The summed E-state index contributed by atoms with van der Waals surface area (Å²) in [7, 11) is 1.43. The minimum atomic E-state index is -1.12. The lowest BCUT2D eigenvalue weighted by atomic mass is 9.88. The number of hydrogen-bond donors (Lipinski definition) is 2. The van der Waals surface area contributed by atoms with Gasteiger partial charge in [-0.15, -0.1) is 0 Å². The molecule has 1 atom stereocenters. The number of aromatic nitrogens is 2. The molecule has 0 spiro atoms. The lowest BCUT2D eigenvalue weighted by Gasteiger charge is -2.30. The van der Waals surface area contributed by atoms with Crippen LogP contribution >= 0.6 is 0 Å². The molecule has 28 heavy (non-hydrogen) atoms. The third kappa shape index (κ3) is 3.71. The maximum absolute atomic E-state index is 14.5. The van der Waals surface area contributed by atoms with E-state index in [0.29, 0.717) is 12.1 Å². The van der Waals surface area contributed by atoms with E-state index in [1.165, 1.54) is 19.4 Å². The summed E-state index contributed by atoms with van der Waals surface area (Å²) < 4.78 is 38.7. The molecular formula is C18H19F2N5O3. The van der Waals surface area contributed by atoms with Crippen molar-refractivity contribution in [3.8, 4) is 5.88 Å². The summed E-state index contributed by atoms with van der Waals surface area (Å²) in [5.74, 6) is -2.54. The molecule has 8 nitrogen and oxygen atoms in total. The zero-order valence-electron chi connectivity index (χ0n) is 15.5. The van der Waals surface area contributed by atoms with Gasteiger partial charge < -0.3 is 20.5 Å². The van der Waals surface area contributed by atoms with Crippen molar-refractivity contribution in [1.82, 2.24) is 9.97 Å². The van der Waals surface area contributed by atoms with Gasteiger partial charge in [-0.25, -0.2) is 23.7 Å². The van der Waals surface area contributed by atoms with Crippen LogP contribution < -0.4 is 15.8 Å². The second-order valence-corrected chi connectivity index (χ2v) is 6.44. The molecule has 1 aliphatic rings. The number of ether oxygens (including phenoxy) is 2.